The molecule has 0 aromatic rings. The Bertz CT molecular complexity index is 256. The SMILES string of the molecule is CCCS(=O)(=O)NC1CCC(N)CC1. The van der Waals surface area contributed by atoms with E-state index in [0.29, 0.717) is 6.42 Å². The zero-order valence-electron chi connectivity index (χ0n) is 8.70. The van der Waals surface area contributed by atoms with Gasteiger partial charge in [-0.15, -0.1) is 0 Å². The minimum atomic E-state index is -3.04. The third-order valence-corrected chi connectivity index (χ3v) is 4.23. The van der Waals surface area contributed by atoms with E-state index in [1.54, 1.807) is 0 Å². The summed E-state index contributed by atoms with van der Waals surface area (Å²) in [5, 5.41) is 0. The van der Waals surface area contributed by atoms with Crippen LogP contribution in [0.25, 0.3) is 0 Å². The first kappa shape index (κ1) is 11.9. The minimum absolute atomic E-state index is 0.117. The molecule has 0 radical (unpaired) electrons. The van der Waals surface area contributed by atoms with Crippen molar-refractivity contribution < 1.29 is 8.42 Å². The van der Waals surface area contributed by atoms with Gasteiger partial charge in [0, 0.05) is 12.1 Å². The van der Waals surface area contributed by atoms with Crippen LogP contribution in [0.3, 0.4) is 0 Å². The summed E-state index contributed by atoms with van der Waals surface area (Å²) >= 11 is 0. The summed E-state index contributed by atoms with van der Waals surface area (Å²) < 4.78 is 25.6. The standard InChI is InChI=1S/C9H20N2O2S/c1-2-7-14(12,13)11-9-5-3-8(10)4-6-9/h8-9,11H,2-7,10H2,1H3. The molecule has 0 spiro atoms. The summed E-state index contributed by atoms with van der Waals surface area (Å²) in [5.74, 6) is 0.232. The first-order valence-electron chi connectivity index (χ1n) is 5.29. The predicted octanol–water partition coefficient (Wildman–Crippen LogP) is 0.586. The van der Waals surface area contributed by atoms with Gasteiger partial charge < -0.3 is 5.73 Å². The molecule has 0 atom stereocenters. The highest BCUT2D eigenvalue weighted by Gasteiger charge is 2.22. The van der Waals surface area contributed by atoms with E-state index in [1.165, 1.54) is 0 Å². The maximum Gasteiger partial charge on any atom is 0.211 e. The van der Waals surface area contributed by atoms with Crippen molar-refractivity contribution in [1.82, 2.24) is 4.72 Å². The molecule has 1 fully saturated rings. The van der Waals surface area contributed by atoms with Gasteiger partial charge in [-0.3, -0.25) is 0 Å². The quantitative estimate of drug-likeness (QED) is 0.728. The molecule has 0 aromatic carbocycles. The molecule has 0 unspecified atom stereocenters. The van der Waals surface area contributed by atoms with E-state index in [1.807, 2.05) is 6.92 Å². The third kappa shape index (κ3) is 3.94. The molecule has 1 aliphatic carbocycles. The van der Waals surface area contributed by atoms with Gasteiger partial charge in [-0.25, -0.2) is 13.1 Å². The van der Waals surface area contributed by atoms with Gasteiger partial charge in [-0.1, -0.05) is 6.92 Å². The second kappa shape index (κ2) is 5.09. The van der Waals surface area contributed by atoms with Crippen molar-refractivity contribution >= 4 is 10.0 Å². The Morgan fingerprint density at radius 1 is 1.29 bits per heavy atom. The van der Waals surface area contributed by atoms with Crippen LogP contribution in [0.2, 0.25) is 0 Å². The van der Waals surface area contributed by atoms with Crippen molar-refractivity contribution in [3.8, 4) is 0 Å². The Labute approximate surface area is 86.3 Å². The molecule has 0 bridgehead atoms. The number of sulfonamides is 1. The van der Waals surface area contributed by atoms with E-state index in [9.17, 15) is 8.42 Å². The molecule has 0 amide bonds. The smallest absolute Gasteiger partial charge is 0.211 e. The highest BCUT2D eigenvalue weighted by molar-refractivity contribution is 7.89. The largest absolute Gasteiger partial charge is 0.328 e. The molecule has 3 N–H and O–H groups in total. The Kier molecular flexibility index (Phi) is 4.34. The fourth-order valence-corrected chi connectivity index (χ4v) is 3.22. The van der Waals surface area contributed by atoms with Gasteiger partial charge >= 0.3 is 0 Å². The van der Waals surface area contributed by atoms with Crippen molar-refractivity contribution in [2.75, 3.05) is 5.75 Å². The van der Waals surface area contributed by atoms with Crippen LogP contribution in [-0.2, 0) is 10.0 Å². The molecule has 1 aliphatic rings. The van der Waals surface area contributed by atoms with Crippen molar-refractivity contribution in [3.05, 3.63) is 0 Å². The van der Waals surface area contributed by atoms with Gasteiger partial charge in [-0.05, 0) is 32.1 Å². The molecule has 0 aromatic heterocycles. The zero-order chi connectivity index (χ0) is 10.6. The van der Waals surface area contributed by atoms with E-state index >= 15 is 0 Å². The van der Waals surface area contributed by atoms with Crippen molar-refractivity contribution in [1.29, 1.82) is 0 Å². The molecular weight excluding hydrogens is 200 g/mol. The van der Waals surface area contributed by atoms with Crippen molar-refractivity contribution in [2.24, 2.45) is 5.73 Å². The maximum absolute atomic E-state index is 11.4. The highest BCUT2D eigenvalue weighted by atomic mass is 32.2. The van der Waals surface area contributed by atoms with Crippen LogP contribution in [0.5, 0.6) is 0 Å². The Hall–Kier alpha value is -0.130. The summed E-state index contributed by atoms with van der Waals surface area (Å²) in [4.78, 5) is 0. The van der Waals surface area contributed by atoms with Gasteiger partial charge in [-0.2, -0.15) is 0 Å². The molecule has 0 heterocycles. The lowest BCUT2D eigenvalue weighted by Crippen LogP contribution is -2.41. The Balaban J connectivity index is 2.37. The zero-order valence-corrected chi connectivity index (χ0v) is 9.52. The van der Waals surface area contributed by atoms with Gasteiger partial charge in [0.05, 0.1) is 5.75 Å². The highest BCUT2D eigenvalue weighted by Crippen LogP contribution is 2.17. The average molecular weight is 220 g/mol. The molecule has 84 valence electrons. The second-order valence-corrected chi connectivity index (χ2v) is 5.92. The lowest BCUT2D eigenvalue weighted by Gasteiger charge is -2.26. The van der Waals surface area contributed by atoms with E-state index in [2.05, 4.69) is 4.72 Å². The van der Waals surface area contributed by atoms with E-state index < -0.39 is 10.0 Å². The van der Waals surface area contributed by atoms with Crippen molar-refractivity contribution in [2.45, 2.75) is 51.1 Å². The molecule has 0 aliphatic heterocycles. The number of nitrogens with two attached hydrogens (primary N) is 1. The predicted molar refractivity (Wildman–Crippen MR) is 57.4 cm³/mol. The molecule has 1 saturated carbocycles. The minimum Gasteiger partial charge on any atom is -0.328 e. The van der Waals surface area contributed by atoms with Gasteiger partial charge in [0.2, 0.25) is 10.0 Å². The summed E-state index contributed by atoms with van der Waals surface area (Å²) in [6.07, 6.45) is 4.29. The Morgan fingerprint density at radius 2 is 1.86 bits per heavy atom. The molecular formula is C9H20N2O2S. The Morgan fingerprint density at radius 3 is 2.36 bits per heavy atom. The van der Waals surface area contributed by atoms with Gasteiger partial charge in [0.25, 0.3) is 0 Å². The summed E-state index contributed by atoms with van der Waals surface area (Å²) in [7, 11) is -3.04. The van der Waals surface area contributed by atoms with Crippen molar-refractivity contribution in [3.63, 3.8) is 0 Å². The van der Waals surface area contributed by atoms with Crippen LogP contribution in [0, 0.1) is 0 Å². The fourth-order valence-electron chi connectivity index (χ4n) is 1.82. The molecule has 0 saturated heterocycles. The van der Waals surface area contributed by atoms with Crippen LogP contribution in [-0.4, -0.2) is 26.3 Å². The normalized spacial score (nSPS) is 29.0. The monoisotopic (exact) mass is 220 g/mol. The van der Waals surface area contributed by atoms with Crippen LogP contribution in [0.4, 0.5) is 0 Å². The molecule has 4 nitrogen and oxygen atoms in total. The van der Waals surface area contributed by atoms with Crippen LogP contribution in [0.15, 0.2) is 0 Å². The van der Waals surface area contributed by atoms with Crippen LogP contribution >= 0.6 is 0 Å². The summed E-state index contributed by atoms with van der Waals surface area (Å²) in [6, 6.07) is 0.383. The van der Waals surface area contributed by atoms with E-state index in [0.717, 1.165) is 25.7 Å². The lowest BCUT2D eigenvalue weighted by atomic mass is 9.93. The number of hydrogen-bond acceptors (Lipinski definition) is 3. The van der Waals surface area contributed by atoms with Gasteiger partial charge in [0.1, 0.15) is 0 Å². The number of rotatable bonds is 4. The molecule has 1 rings (SSSR count). The second-order valence-electron chi connectivity index (χ2n) is 4.05. The van der Waals surface area contributed by atoms with E-state index in [-0.39, 0.29) is 17.8 Å². The van der Waals surface area contributed by atoms with Crippen LogP contribution in [0.1, 0.15) is 39.0 Å². The molecule has 5 heteroatoms. The number of hydrogen-bond donors (Lipinski definition) is 2. The summed E-state index contributed by atoms with van der Waals surface area (Å²) in [5.41, 5.74) is 5.74. The van der Waals surface area contributed by atoms with E-state index in [4.69, 9.17) is 5.73 Å². The fraction of sp³-hybridized carbons (Fsp3) is 1.00. The first-order valence-corrected chi connectivity index (χ1v) is 6.94. The van der Waals surface area contributed by atoms with Gasteiger partial charge in [0.15, 0.2) is 0 Å². The maximum atomic E-state index is 11.4. The lowest BCUT2D eigenvalue weighted by molar-refractivity contribution is 0.373. The first-order chi connectivity index (χ1) is 6.53. The summed E-state index contributed by atoms with van der Waals surface area (Å²) in [6.45, 7) is 1.87. The third-order valence-electron chi connectivity index (χ3n) is 2.59. The topological polar surface area (TPSA) is 72.2 Å². The average Bonchev–Trinajstić information content (AvgIpc) is 2.08. The van der Waals surface area contributed by atoms with Crippen LogP contribution < -0.4 is 10.5 Å². The number of nitrogens with one attached hydrogen (secondary N) is 1. The molecule has 14 heavy (non-hydrogen) atoms.